The van der Waals surface area contributed by atoms with Crippen molar-refractivity contribution in [2.45, 2.75) is 76.4 Å². The molecule has 5 heteroatoms. The third-order valence-electron chi connectivity index (χ3n) is 5.98. The van der Waals surface area contributed by atoms with Crippen LogP contribution in [0.5, 0.6) is 0 Å². The van der Waals surface area contributed by atoms with Crippen LogP contribution in [0.25, 0.3) is 0 Å². The van der Waals surface area contributed by atoms with Crippen LogP contribution in [-0.4, -0.2) is 49.7 Å². The third kappa shape index (κ3) is 9.40. The first-order valence-electron chi connectivity index (χ1n) is 11.5. The largest absolute Gasteiger partial charge is 0.378 e. The van der Waals surface area contributed by atoms with Crippen LogP contribution >= 0.6 is 0 Å². The SMILES string of the molecule is C=CCCNCCCCCCO[C@H]1CC[C@H](N(C)C(=O)Cc2ccc(F)cc2)CC1. The zero-order valence-corrected chi connectivity index (χ0v) is 18.6. The zero-order valence-electron chi connectivity index (χ0n) is 18.6. The average Bonchev–Trinajstić information content (AvgIpc) is 2.76. The van der Waals surface area contributed by atoms with Gasteiger partial charge in [0.05, 0.1) is 12.5 Å². The molecule has 1 aliphatic carbocycles. The van der Waals surface area contributed by atoms with Crippen LogP contribution in [0.15, 0.2) is 36.9 Å². The molecule has 2 rings (SSSR count). The van der Waals surface area contributed by atoms with Gasteiger partial charge in [-0.3, -0.25) is 4.79 Å². The Hall–Kier alpha value is -1.72. The molecular weight excluding hydrogens is 379 g/mol. The summed E-state index contributed by atoms with van der Waals surface area (Å²) in [4.78, 5) is 14.4. The topological polar surface area (TPSA) is 41.6 Å². The van der Waals surface area contributed by atoms with Gasteiger partial charge in [-0.1, -0.05) is 31.1 Å². The van der Waals surface area contributed by atoms with Crippen molar-refractivity contribution in [1.82, 2.24) is 10.2 Å². The second kappa shape index (κ2) is 14.3. The molecule has 1 aromatic carbocycles. The quantitative estimate of drug-likeness (QED) is 0.346. The average molecular weight is 419 g/mol. The van der Waals surface area contributed by atoms with E-state index in [4.69, 9.17) is 4.74 Å². The fourth-order valence-corrected chi connectivity index (χ4v) is 3.99. The van der Waals surface area contributed by atoms with Gasteiger partial charge in [0.15, 0.2) is 0 Å². The van der Waals surface area contributed by atoms with E-state index >= 15 is 0 Å². The van der Waals surface area contributed by atoms with Crippen LogP contribution < -0.4 is 5.32 Å². The number of carbonyl (C=O) groups excluding carboxylic acids is 1. The van der Waals surface area contributed by atoms with Crippen molar-refractivity contribution in [3.63, 3.8) is 0 Å². The standard InChI is InChI=1S/C25H39FN2O2/c1-3-4-17-27-18-7-5-6-8-19-30-24-15-13-23(14-16-24)28(2)25(29)20-21-9-11-22(26)12-10-21/h3,9-12,23-24,27H,1,4-8,13-20H2,2H3/t23-,24-. The molecule has 30 heavy (non-hydrogen) atoms. The normalized spacial score (nSPS) is 18.9. The van der Waals surface area contributed by atoms with Gasteiger partial charge < -0.3 is 15.0 Å². The van der Waals surface area contributed by atoms with Crippen molar-refractivity contribution in [3.05, 3.63) is 48.3 Å². The van der Waals surface area contributed by atoms with E-state index in [0.717, 1.165) is 63.8 Å². The van der Waals surface area contributed by atoms with Gasteiger partial charge in [-0.2, -0.15) is 0 Å². The fourth-order valence-electron chi connectivity index (χ4n) is 3.99. The summed E-state index contributed by atoms with van der Waals surface area (Å²) in [6.45, 7) is 6.69. The highest BCUT2D eigenvalue weighted by Crippen LogP contribution is 2.25. The number of hydrogen-bond acceptors (Lipinski definition) is 3. The number of nitrogens with one attached hydrogen (secondary N) is 1. The number of rotatable bonds is 14. The molecule has 0 radical (unpaired) electrons. The maximum Gasteiger partial charge on any atom is 0.226 e. The number of benzene rings is 1. The van der Waals surface area contributed by atoms with Gasteiger partial charge in [0.2, 0.25) is 5.91 Å². The Kier molecular flexibility index (Phi) is 11.7. The molecule has 0 saturated heterocycles. The predicted octanol–water partition coefficient (Wildman–Crippen LogP) is 4.88. The summed E-state index contributed by atoms with van der Waals surface area (Å²) < 4.78 is 19.1. The number of amides is 1. The van der Waals surface area contributed by atoms with E-state index in [2.05, 4.69) is 11.9 Å². The molecule has 0 bridgehead atoms. The second-order valence-electron chi connectivity index (χ2n) is 8.35. The summed E-state index contributed by atoms with van der Waals surface area (Å²) in [5, 5.41) is 3.42. The maximum atomic E-state index is 13.0. The second-order valence-corrected chi connectivity index (χ2v) is 8.35. The molecule has 1 amide bonds. The summed E-state index contributed by atoms with van der Waals surface area (Å²) in [7, 11) is 1.89. The summed E-state index contributed by atoms with van der Waals surface area (Å²) in [5.74, 6) is -0.168. The lowest BCUT2D eigenvalue weighted by Gasteiger charge is -2.34. The van der Waals surface area contributed by atoms with Crippen LogP contribution in [0.3, 0.4) is 0 Å². The first-order valence-corrected chi connectivity index (χ1v) is 11.5. The highest BCUT2D eigenvalue weighted by Gasteiger charge is 2.26. The Morgan fingerprint density at radius 1 is 1.13 bits per heavy atom. The lowest BCUT2D eigenvalue weighted by molar-refractivity contribution is -0.132. The molecule has 0 heterocycles. The molecule has 0 atom stereocenters. The van der Waals surface area contributed by atoms with Gasteiger partial charge in [-0.25, -0.2) is 4.39 Å². The molecule has 0 aliphatic heterocycles. The van der Waals surface area contributed by atoms with Crippen LogP contribution in [-0.2, 0) is 16.0 Å². The van der Waals surface area contributed by atoms with Crippen LogP contribution in [0.2, 0.25) is 0 Å². The Balaban J connectivity index is 1.52. The first kappa shape index (κ1) is 24.5. The highest BCUT2D eigenvalue weighted by molar-refractivity contribution is 5.78. The van der Waals surface area contributed by atoms with E-state index in [9.17, 15) is 9.18 Å². The van der Waals surface area contributed by atoms with E-state index in [1.54, 1.807) is 12.1 Å². The van der Waals surface area contributed by atoms with Gasteiger partial charge in [-0.15, -0.1) is 6.58 Å². The molecule has 0 spiro atoms. The third-order valence-corrected chi connectivity index (χ3v) is 5.98. The van der Waals surface area contributed by atoms with Crippen molar-refractivity contribution >= 4 is 5.91 Å². The summed E-state index contributed by atoms with van der Waals surface area (Å²) in [6.07, 6.45) is 12.5. The van der Waals surface area contributed by atoms with Crippen molar-refractivity contribution in [2.75, 3.05) is 26.7 Å². The molecule has 0 unspecified atom stereocenters. The smallest absolute Gasteiger partial charge is 0.226 e. The Bertz CT molecular complexity index is 612. The minimum atomic E-state index is -0.269. The van der Waals surface area contributed by atoms with Crippen molar-refractivity contribution < 1.29 is 13.9 Å². The van der Waals surface area contributed by atoms with E-state index in [1.165, 1.54) is 31.4 Å². The Morgan fingerprint density at radius 2 is 1.83 bits per heavy atom. The van der Waals surface area contributed by atoms with Crippen molar-refractivity contribution in [3.8, 4) is 0 Å². The molecular formula is C25H39FN2O2. The van der Waals surface area contributed by atoms with Gasteiger partial charge in [0, 0.05) is 19.7 Å². The maximum absolute atomic E-state index is 13.0. The molecule has 1 saturated carbocycles. The fraction of sp³-hybridized carbons (Fsp3) is 0.640. The minimum Gasteiger partial charge on any atom is -0.378 e. The van der Waals surface area contributed by atoms with E-state index in [-0.39, 0.29) is 17.8 Å². The monoisotopic (exact) mass is 418 g/mol. The predicted molar refractivity (Wildman–Crippen MR) is 121 cm³/mol. The summed E-state index contributed by atoms with van der Waals surface area (Å²) in [6, 6.07) is 6.47. The van der Waals surface area contributed by atoms with Gasteiger partial charge in [-0.05, 0) is 75.7 Å². The highest BCUT2D eigenvalue weighted by atomic mass is 19.1. The molecule has 1 N–H and O–H groups in total. The number of ether oxygens (including phenoxy) is 1. The lowest BCUT2D eigenvalue weighted by Crippen LogP contribution is -2.41. The van der Waals surface area contributed by atoms with Crippen LogP contribution in [0.1, 0.15) is 63.4 Å². The van der Waals surface area contributed by atoms with E-state index in [1.807, 2.05) is 18.0 Å². The Morgan fingerprint density at radius 3 is 2.53 bits per heavy atom. The van der Waals surface area contributed by atoms with Gasteiger partial charge >= 0.3 is 0 Å². The first-order chi connectivity index (χ1) is 14.6. The molecule has 0 aromatic heterocycles. The van der Waals surface area contributed by atoms with Crippen molar-refractivity contribution in [2.24, 2.45) is 0 Å². The van der Waals surface area contributed by atoms with E-state index in [0.29, 0.717) is 12.5 Å². The lowest BCUT2D eigenvalue weighted by atomic mass is 9.91. The molecule has 4 nitrogen and oxygen atoms in total. The van der Waals surface area contributed by atoms with Crippen molar-refractivity contribution in [1.29, 1.82) is 0 Å². The number of halogens is 1. The molecule has 168 valence electrons. The zero-order chi connectivity index (χ0) is 21.6. The molecule has 1 aliphatic rings. The number of carbonyl (C=O) groups is 1. The van der Waals surface area contributed by atoms with E-state index < -0.39 is 0 Å². The summed E-state index contributed by atoms with van der Waals surface area (Å²) >= 11 is 0. The summed E-state index contributed by atoms with van der Waals surface area (Å²) in [5.41, 5.74) is 0.859. The molecule has 1 fully saturated rings. The number of nitrogens with zero attached hydrogens (tertiary/aromatic N) is 1. The minimum absolute atomic E-state index is 0.102. The van der Waals surface area contributed by atoms with Gasteiger partial charge in [0.25, 0.3) is 0 Å². The number of unbranched alkanes of at least 4 members (excludes halogenated alkanes) is 3. The number of likely N-dealkylation sites (N-methyl/N-ethyl adjacent to an activating group) is 1. The van der Waals surface area contributed by atoms with Gasteiger partial charge in [0.1, 0.15) is 5.82 Å². The Labute approximate surface area is 181 Å². The molecule has 1 aromatic rings. The van der Waals surface area contributed by atoms with Crippen LogP contribution in [0, 0.1) is 5.82 Å². The van der Waals surface area contributed by atoms with Crippen LogP contribution in [0.4, 0.5) is 4.39 Å². The number of hydrogen-bond donors (Lipinski definition) is 1.